The zero-order valence-electron chi connectivity index (χ0n) is 13.6. The summed E-state index contributed by atoms with van der Waals surface area (Å²) in [6, 6.07) is 7.71. The van der Waals surface area contributed by atoms with Crippen LogP contribution in [0.3, 0.4) is 0 Å². The van der Waals surface area contributed by atoms with Crippen molar-refractivity contribution in [1.29, 1.82) is 0 Å². The van der Waals surface area contributed by atoms with Gasteiger partial charge in [0.05, 0.1) is 13.2 Å². The van der Waals surface area contributed by atoms with Crippen LogP contribution in [0.1, 0.15) is 26.0 Å². The van der Waals surface area contributed by atoms with Crippen LogP contribution in [-0.2, 0) is 15.9 Å². The van der Waals surface area contributed by atoms with Crippen molar-refractivity contribution in [2.45, 2.75) is 32.5 Å². The largest absolute Gasteiger partial charge is 0.370 e. The van der Waals surface area contributed by atoms with E-state index in [1.165, 1.54) is 0 Å². The fraction of sp³-hybridized carbons (Fsp3) is 0.471. The molecule has 6 heteroatoms. The van der Waals surface area contributed by atoms with Gasteiger partial charge in [-0.2, -0.15) is 0 Å². The number of hydrogen-bond donors (Lipinski definition) is 1. The highest BCUT2D eigenvalue weighted by Crippen LogP contribution is 2.23. The molecule has 3 heterocycles. The number of hydrogen-bond acceptors (Lipinski definition) is 6. The van der Waals surface area contributed by atoms with Crippen LogP contribution in [0.2, 0.25) is 0 Å². The number of aromatic nitrogens is 3. The minimum atomic E-state index is -0.489. The molecule has 0 radical (unpaired) electrons. The maximum atomic E-state index is 5.61. The summed E-state index contributed by atoms with van der Waals surface area (Å²) in [6.45, 7) is 6.09. The Bertz CT molecular complexity index is 642. The molecule has 1 aliphatic heterocycles. The molecule has 0 spiro atoms. The van der Waals surface area contributed by atoms with Gasteiger partial charge in [0.15, 0.2) is 11.6 Å². The standard InChI is InChI=1S/C17H22N4O2/c1-3-13-12-15(19-9-7-17(2)22-10-11-23-17)21-16(20-13)14-6-4-5-8-18-14/h4-6,8,12H,3,7,9-11H2,1-2H3,(H,19,20,21). The molecule has 6 nitrogen and oxygen atoms in total. The number of aryl methyl sites for hydroxylation is 1. The first-order valence-electron chi connectivity index (χ1n) is 8.00. The molecule has 0 amide bonds. The lowest BCUT2D eigenvalue weighted by atomic mass is 10.2. The molecule has 0 bridgehead atoms. The first kappa shape index (κ1) is 15.8. The second kappa shape index (κ2) is 7.02. The van der Waals surface area contributed by atoms with E-state index < -0.39 is 5.79 Å². The Balaban J connectivity index is 1.71. The molecule has 0 atom stereocenters. The Hall–Kier alpha value is -2.05. The van der Waals surface area contributed by atoms with E-state index in [9.17, 15) is 0 Å². The number of rotatable bonds is 6. The number of pyridine rings is 1. The van der Waals surface area contributed by atoms with Gasteiger partial charge in [-0.05, 0) is 25.5 Å². The quantitative estimate of drug-likeness (QED) is 0.884. The first-order valence-corrected chi connectivity index (χ1v) is 8.00. The molecule has 0 saturated carbocycles. The Morgan fingerprint density at radius 2 is 2.04 bits per heavy atom. The molecular weight excluding hydrogens is 292 g/mol. The summed E-state index contributed by atoms with van der Waals surface area (Å²) in [5, 5.41) is 3.34. The lowest BCUT2D eigenvalue weighted by molar-refractivity contribution is -0.144. The van der Waals surface area contributed by atoms with Crippen molar-refractivity contribution >= 4 is 5.82 Å². The Kier molecular flexibility index (Phi) is 4.83. The molecule has 122 valence electrons. The van der Waals surface area contributed by atoms with Crippen molar-refractivity contribution in [3.05, 3.63) is 36.2 Å². The van der Waals surface area contributed by atoms with Gasteiger partial charge in [0.1, 0.15) is 11.5 Å². The van der Waals surface area contributed by atoms with Crippen molar-refractivity contribution < 1.29 is 9.47 Å². The molecule has 23 heavy (non-hydrogen) atoms. The summed E-state index contributed by atoms with van der Waals surface area (Å²) >= 11 is 0. The predicted molar refractivity (Wildman–Crippen MR) is 88.1 cm³/mol. The molecule has 1 fully saturated rings. The van der Waals surface area contributed by atoms with Gasteiger partial charge in [0.25, 0.3) is 0 Å². The van der Waals surface area contributed by atoms with Crippen molar-refractivity contribution in [3.63, 3.8) is 0 Å². The summed E-state index contributed by atoms with van der Waals surface area (Å²) < 4.78 is 11.2. The van der Waals surface area contributed by atoms with Gasteiger partial charge in [-0.25, -0.2) is 9.97 Å². The van der Waals surface area contributed by atoms with Gasteiger partial charge in [0.2, 0.25) is 0 Å². The van der Waals surface area contributed by atoms with E-state index in [4.69, 9.17) is 9.47 Å². The Morgan fingerprint density at radius 1 is 1.22 bits per heavy atom. The van der Waals surface area contributed by atoms with E-state index in [0.717, 1.165) is 36.6 Å². The van der Waals surface area contributed by atoms with Gasteiger partial charge in [-0.1, -0.05) is 13.0 Å². The van der Waals surface area contributed by atoms with Crippen LogP contribution < -0.4 is 5.32 Å². The van der Waals surface area contributed by atoms with Crippen LogP contribution >= 0.6 is 0 Å². The van der Waals surface area contributed by atoms with Crippen molar-refractivity contribution in [2.24, 2.45) is 0 Å². The maximum Gasteiger partial charge on any atom is 0.180 e. The zero-order chi connectivity index (χ0) is 16.1. The van der Waals surface area contributed by atoms with E-state index in [0.29, 0.717) is 19.0 Å². The van der Waals surface area contributed by atoms with E-state index >= 15 is 0 Å². The van der Waals surface area contributed by atoms with Gasteiger partial charge in [0, 0.05) is 30.9 Å². The third-order valence-corrected chi connectivity index (χ3v) is 3.82. The third-order valence-electron chi connectivity index (χ3n) is 3.82. The van der Waals surface area contributed by atoms with Gasteiger partial charge in [-0.15, -0.1) is 0 Å². The maximum absolute atomic E-state index is 5.61. The van der Waals surface area contributed by atoms with E-state index in [1.807, 2.05) is 31.2 Å². The second-order valence-corrected chi connectivity index (χ2v) is 5.64. The topological polar surface area (TPSA) is 69.2 Å². The SMILES string of the molecule is CCc1cc(NCCC2(C)OCCO2)nc(-c2ccccn2)n1. The van der Waals surface area contributed by atoms with Crippen molar-refractivity contribution in [1.82, 2.24) is 15.0 Å². The molecular formula is C17H22N4O2. The number of nitrogens with one attached hydrogen (secondary N) is 1. The van der Waals surface area contributed by atoms with E-state index in [-0.39, 0.29) is 0 Å². The summed E-state index contributed by atoms with van der Waals surface area (Å²) in [7, 11) is 0. The monoisotopic (exact) mass is 314 g/mol. The minimum Gasteiger partial charge on any atom is -0.370 e. The van der Waals surface area contributed by atoms with Crippen LogP contribution in [0, 0.1) is 0 Å². The van der Waals surface area contributed by atoms with Crippen molar-refractivity contribution in [2.75, 3.05) is 25.1 Å². The Morgan fingerprint density at radius 3 is 2.74 bits per heavy atom. The highest BCUT2D eigenvalue weighted by atomic mass is 16.7. The van der Waals surface area contributed by atoms with E-state index in [1.54, 1.807) is 6.20 Å². The fourth-order valence-electron chi connectivity index (χ4n) is 2.50. The number of nitrogens with zero attached hydrogens (tertiary/aromatic N) is 3. The van der Waals surface area contributed by atoms with Gasteiger partial charge in [-0.3, -0.25) is 4.98 Å². The second-order valence-electron chi connectivity index (χ2n) is 5.64. The fourth-order valence-corrected chi connectivity index (χ4v) is 2.50. The highest BCUT2D eigenvalue weighted by Gasteiger charge is 2.30. The first-order chi connectivity index (χ1) is 11.2. The molecule has 2 aromatic heterocycles. The summed E-state index contributed by atoms with van der Waals surface area (Å²) in [4.78, 5) is 13.5. The predicted octanol–water partition coefficient (Wildman–Crippen LogP) is 2.67. The van der Waals surface area contributed by atoms with Crippen molar-refractivity contribution in [3.8, 4) is 11.5 Å². The van der Waals surface area contributed by atoms with Crippen LogP contribution in [-0.4, -0.2) is 40.5 Å². The average Bonchev–Trinajstić information content (AvgIpc) is 3.02. The number of ether oxygens (including phenoxy) is 2. The smallest absolute Gasteiger partial charge is 0.180 e. The molecule has 1 N–H and O–H groups in total. The van der Waals surface area contributed by atoms with Crippen LogP contribution in [0.15, 0.2) is 30.5 Å². The molecule has 0 unspecified atom stereocenters. The average molecular weight is 314 g/mol. The zero-order valence-corrected chi connectivity index (χ0v) is 13.6. The molecule has 2 aromatic rings. The lowest BCUT2D eigenvalue weighted by Crippen LogP contribution is -2.28. The highest BCUT2D eigenvalue weighted by molar-refractivity contribution is 5.52. The van der Waals surface area contributed by atoms with E-state index in [2.05, 4.69) is 27.2 Å². The molecule has 0 aliphatic carbocycles. The van der Waals surface area contributed by atoms with Crippen LogP contribution in [0.5, 0.6) is 0 Å². The third kappa shape index (κ3) is 4.03. The van der Waals surface area contributed by atoms with Crippen LogP contribution in [0.4, 0.5) is 5.82 Å². The van der Waals surface area contributed by atoms with Gasteiger partial charge < -0.3 is 14.8 Å². The van der Waals surface area contributed by atoms with Gasteiger partial charge >= 0.3 is 0 Å². The molecule has 1 aliphatic rings. The number of anilines is 1. The summed E-state index contributed by atoms with van der Waals surface area (Å²) in [5.41, 5.74) is 1.77. The lowest BCUT2D eigenvalue weighted by Gasteiger charge is -2.22. The Labute approximate surface area is 136 Å². The molecule has 1 saturated heterocycles. The summed E-state index contributed by atoms with van der Waals surface area (Å²) in [5.74, 6) is 0.961. The minimum absolute atomic E-state index is 0.489. The summed E-state index contributed by atoms with van der Waals surface area (Å²) in [6.07, 6.45) is 3.36. The van der Waals surface area contributed by atoms with Crippen LogP contribution in [0.25, 0.3) is 11.5 Å². The normalized spacial score (nSPS) is 16.4. The molecule has 0 aromatic carbocycles. The molecule has 3 rings (SSSR count).